The Morgan fingerprint density at radius 1 is 1.42 bits per heavy atom. The smallest absolute Gasteiger partial charge is 0.122 e. The molecular formula is C16H23NO2. The van der Waals surface area contributed by atoms with Gasteiger partial charge in [-0.3, -0.25) is 0 Å². The van der Waals surface area contributed by atoms with Gasteiger partial charge in [0.15, 0.2) is 0 Å². The molecule has 0 aromatic heterocycles. The Morgan fingerprint density at radius 3 is 3.11 bits per heavy atom. The summed E-state index contributed by atoms with van der Waals surface area (Å²) in [6, 6.07) is 6.81. The number of ether oxygens (including phenoxy) is 2. The molecule has 3 rings (SSSR count). The first-order valence-electron chi connectivity index (χ1n) is 7.34. The Balaban J connectivity index is 1.54. The molecule has 104 valence electrons. The first kappa shape index (κ1) is 12.9. The highest BCUT2D eigenvalue weighted by atomic mass is 16.5. The van der Waals surface area contributed by atoms with Crippen LogP contribution in [-0.2, 0) is 17.6 Å². The number of benzene rings is 1. The van der Waals surface area contributed by atoms with E-state index in [1.165, 1.54) is 11.1 Å². The standard InChI is InChI=1S/C16H23NO2/c1-11-8-14(10-19-11)15(17)4-2-12-3-5-16-13(9-12)6-7-18-16/h3,5,9,11,14-15H,2,4,6-8,10,17H2,1H3. The fraction of sp³-hybridized carbons (Fsp3) is 0.625. The van der Waals surface area contributed by atoms with Crippen LogP contribution in [0.3, 0.4) is 0 Å². The predicted molar refractivity (Wildman–Crippen MR) is 75.5 cm³/mol. The van der Waals surface area contributed by atoms with E-state index in [-0.39, 0.29) is 6.04 Å². The van der Waals surface area contributed by atoms with E-state index in [4.69, 9.17) is 15.2 Å². The van der Waals surface area contributed by atoms with Crippen LogP contribution in [0, 0.1) is 5.92 Å². The summed E-state index contributed by atoms with van der Waals surface area (Å²) in [5.74, 6) is 1.60. The Kier molecular flexibility index (Phi) is 3.76. The zero-order valence-electron chi connectivity index (χ0n) is 11.6. The van der Waals surface area contributed by atoms with Gasteiger partial charge < -0.3 is 15.2 Å². The second kappa shape index (κ2) is 5.51. The van der Waals surface area contributed by atoms with Gasteiger partial charge in [0.2, 0.25) is 0 Å². The van der Waals surface area contributed by atoms with Gasteiger partial charge in [0, 0.05) is 12.5 Å². The zero-order valence-corrected chi connectivity index (χ0v) is 11.6. The fourth-order valence-electron chi connectivity index (χ4n) is 3.11. The molecule has 1 fully saturated rings. The van der Waals surface area contributed by atoms with E-state index in [1.54, 1.807) is 0 Å². The number of aryl methyl sites for hydroxylation is 1. The average Bonchev–Trinajstić information content (AvgIpc) is 3.03. The summed E-state index contributed by atoms with van der Waals surface area (Å²) in [6.07, 6.45) is 4.63. The summed E-state index contributed by atoms with van der Waals surface area (Å²) in [5.41, 5.74) is 9.03. The molecular weight excluding hydrogens is 238 g/mol. The molecule has 0 radical (unpaired) electrons. The Labute approximate surface area is 115 Å². The number of hydrogen-bond donors (Lipinski definition) is 1. The van der Waals surface area contributed by atoms with Crippen molar-refractivity contribution in [3.05, 3.63) is 29.3 Å². The summed E-state index contributed by atoms with van der Waals surface area (Å²) in [7, 11) is 0. The lowest BCUT2D eigenvalue weighted by Gasteiger charge is -2.17. The minimum absolute atomic E-state index is 0.259. The summed E-state index contributed by atoms with van der Waals surface area (Å²) < 4.78 is 11.1. The molecule has 3 heteroatoms. The molecule has 2 aliphatic heterocycles. The van der Waals surface area contributed by atoms with Crippen LogP contribution in [0.15, 0.2) is 18.2 Å². The molecule has 0 bridgehead atoms. The average molecular weight is 261 g/mol. The first-order chi connectivity index (χ1) is 9.22. The third-order valence-corrected chi connectivity index (χ3v) is 4.36. The maximum Gasteiger partial charge on any atom is 0.122 e. The second-order valence-electron chi connectivity index (χ2n) is 5.88. The SMILES string of the molecule is CC1CC(C(N)CCc2ccc3c(c2)CCO3)CO1. The van der Waals surface area contributed by atoms with Crippen molar-refractivity contribution in [1.82, 2.24) is 0 Å². The van der Waals surface area contributed by atoms with Crippen molar-refractivity contribution in [3.8, 4) is 5.75 Å². The lowest BCUT2D eigenvalue weighted by atomic mass is 9.92. The van der Waals surface area contributed by atoms with Crippen molar-refractivity contribution >= 4 is 0 Å². The number of nitrogens with two attached hydrogens (primary N) is 1. The molecule has 2 aliphatic rings. The molecule has 2 N–H and O–H groups in total. The summed E-state index contributed by atoms with van der Waals surface area (Å²) in [6.45, 7) is 3.79. The highest BCUT2D eigenvalue weighted by Crippen LogP contribution is 2.27. The molecule has 0 saturated carbocycles. The Hall–Kier alpha value is -1.06. The molecule has 0 amide bonds. The zero-order chi connectivity index (χ0) is 13.2. The minimum atomic E-state index is 0.259. The molecule has 1 saturated heterocycles. The molecule has 2 heterocycles. The maximum atomic E-state index is 6.30. The largest absolute Gasteiger partial charge is 0.493 e. The van der Waals surface area contributed by atoms with Crippen molar-refractivity contribution in [2.75, 3.05) is 13.2 Å². The summed E-state index contributed by atoms with van der Waals surface area (Å²) >= 11 is 0. The van der Waals surface area contributed by atoms with E-state index in [0.29, 0.717) is 12.0 Å². The normalized spacial score (nSPS) is 27.1. The lowest BCUT2D eigenvalue weighted by Crippen LogP contribution is -2.31. The number of rotatable bonds is 4. The van der Waals surface area contributed by atoms with Crippen LogP contribution in [0.25, 0.3) is 0 Å². The second-order valence-corrected chi connectivity index (χ2v) is 5.88. The highest BCUT2D eigenvalue weighted by molar-refractivity contribution is 5.39. The van der Waals surface area contributed by atoms with E-state index in [2.05, 4.69) is 25.1 Å². The van der Waals surface area contributed by atoms with Crippen LogP contribution < -0.4 is 10.5 Å². The van der Waals surface area contributed by atoms with Crippen LogP contribution in [0.5, 0.6) is 5.75 Å². The lowest BCUT2D eigenvalue weighted by molar-refractivity contribution is 0.118. The molecule has 3 atom stereocenters. The third kappa shape index (κ3) is 2.93. The highest BCUT2D eigenvalue weighted by Gasteiger charge is 2.27. The van der Waals surface area contributed by atoms with Gasteiger partial charge in [-0.15, -0.1) is 0 Å². The quantitative estimate of drug-likeness (QED) is 0.904. The molecule has 3 nitrogen and oxygen atoms in total. The molecule has 3 unspecified atom stereocenters. The monoisotopic (exact) mass is 261 g/mol. The van der Waals surface area contributed by atoms with Crippen LogP contribution in [0.4, 0.5) is 0 Å². The summed E-state index contributed by atoms with van der Waals surface area (Å²) in [4.78, 5) is 0. The van der Waals surface area contributed by atoms with Gasteiger partial charge in [-0.1, -0.05) is 12.1 Å². The van der Waals surface area contributed by atoms with Crippen LogP contribution in [0.2, 0.25) is 0 Å². The molecule has 1 aromatic carbocycles. The molecule has 19 heavy (non-hydrogen) atoms. The number of fused-ring (bicyclic) bond motifs is 1. The van der Waals surface area contributed by atoms with Crippen LogP contribution >= 0.6 is 0 Å². The molecule has 0 spiro atoms. The van der Waals surface area contributed by atoms with Crippen molar-refractivity contribution in [2.45, 2.75) is 44.8 Å². The van der Waals surface area contributed by atoms with Gasteiger partial charge in [0.1, 0.15) is 5.75 Å². The van der Waals surface area contributed by atoms with Gasteiger partial charge in [0.25, 0.3) is 0 Å². The van der Waals surface area contributed by atoms with Gasteiger partial charge in [0.05, 0.1) is 19.3 Å². The van der Waals surface area contributed by atoms with E-state index < -0.39 is 0 Å². The van der Waals surface area contributed by atoms with Crippen molar-refractivity contribution in [1.29, 1.82) is 0 Å². The van der Waals surface area contributed by atoms with Gasteiger partial charge in [-0.25, -0.2) is 0 Å². The fourth-order valence-corrected chi connectivity index (χ4v) is 3.11. The third-order valence-electron chi connectivity index (χ3n) is 4.36. The van der Waals surface area contributed by atoms with Gasteiger partial charge in [-0.2, -0.15) is 0 Å². The van der Waals surface area contributed by atoms with E-state index in [9.17, 15) is 0 Å². The molecule has 1 aromatic rings. The Morgan fingerprint density at radius 2 is 2.32 bits per heavy atom. The topological polar surface area (TPSA) is 44.5 Å². The molecule has 0 aliphatic carbocycles. The van der Waals surface area contributed by atoms with E-state index in [1.807, 2.05) is 0 Å². The van der Waals surface area contributed by atoms with Gasteiger partial charge >= 0.3 is 0 Å². The first-order valence-corrected chi connectivity index (χ1v) is 7.34. The van der Waals surface area contributed by atoms with Crippen molar-refractivity contribution in [3.63, 3.8) is 0 Å². The van der Waals surface area contributed by atoms with Gasteiger partial charge in [-0.05, 0) is 49.3 Å². The van der Waals surface area contributed by atoms with E-state index in [0.717, 1.165) is 44.6 Å². The predicted octanol–water partition coefficient (Wildman–Crippen LogP) is 2.31. The maximum absolute atomic E-state index is 6.30. The number of hydrogen-bond acceptors (Lipinski definition) is 3. The van der Waals surface area contributed by atoms with Crippen molar-refractivity contribution in [2.24, 2.45) is 11.7 Å². The van der Waals surface area contributed by atoms with Crippen molar-refractivity contribution < 1.29 is 9.47 Å². The van der Waals surface area contributed by atoms with Crippen LogP contribution in [0.1, 0.15) is 30.9 Å². The Bertz CT molecular complexity index is 446. The van der Waals surface area contributed by atoms with E-state index >= 15 is 0 Å². The minimum Gasteiger partial charge on any atom is -0.493 e. The van der Waals surface area contributed by atoms with Crippen LogP contribution in [-0.4, -0.2) is 25.4 Å². The summed E-state index contributed by atoms with van der Waals surface area (Å²) in [5, 5.41) is 0.